The average molecular weight is 578 g/mol. The second-order valence-electron chi connectivity index (χ2n) is 11.8. The Balaban J connectivity index is 1.36. The maximum Gasteiger partial charge on any atom is 0.337 e. The zero-order valence-corrected chi connectivity index (χ0v) is 24.9. The van der Waals surface area contributed by atoms with Crippen LogP contribution in [0.4, 0.5) is 0 Å². The molecule has 2 atom stereocenters. The van der Waals surface area contributed by atoms with Crippen LogP contribution in [0.25, 0.3) is 0 Å². The van der Waals surface area contributed by atoms with E-state index in [9.17, 15) is 9.59 Å². The van der Waals surface area contributed by atoms with Crippen LogP contribution in [0.5, 0.6) is 11.5 Å². The highest BCUT2D eigenvalue weighted by molar-refractivity contribution is 6.04. The molecule has 0 radical (unpaired) electrons. The SMILES string of the molecule is COc1cc([C@@H]2C(C(=O)OC3CCCCC3)=C(C)NC3=C2C(=O)C[C@H](c2ccccc2)C3)ccc1OCc1ccccc1. The Morgan fingerprint density at radius 2 is 1.58 bits per heavy atom. The van der Waals surface area contributed by atoms with E-state index >= 15 is 0 Å². The maximum absolute atomic E-state index is 14.0. The standard InChI is InChI=1S/C37H39NO5/c1-24-34(37(40)43-29-16-10-5-11-17-29)35(36-30(38-24)20-28(21-31(36)39)26-14-8-4-9-15-26)27-18-19-32(33(22-27)41-2)42-23-25-12-6-3-7-13-25/h3-4,6-9,12-15,18-19,22,28-29,35,38H,5,10-11,16-17,20-21,23H2,1-2H3/t28-,35-/m1/s1. The highest BCUT2D eigenvalue weighted by Crippen LogP contribution is 2.47. The van der Waals surface area contributed by atoms with Gasteiger partial charge in [0.15, 0.2) is 17.3 Å². The van der Waals surface area contributed by atoms with Crippen LogP contribution in [0.15, 0.2) is 101 Å². The van der Waals surface area contributed by atoms with Gasteiger partial charge in [-0.05, 0) is 73.8 Å². The van der Waals surface area contributed by atoms with Crippen LogP contribution in [0.2, 0.25) is 0 Å². The number of Topliss-reactive ketones (excluding diaryl/α,β-unsaturated/α-hetero) is 1. The van der Waals surface area contributed by atoms with Gasteiger partial charge in [0, 0.05) is 29.3 Å². The van der Waals surface area contributed by atoms with Crippen molar-refractivity contribution in [3.8, 4) is 11.5 Å². The van der Waals surface area contributed by atoms with E-state index in [1.807, 2.05) is 73.7 Å². The number of dihydropyridines is 1. The van der Waals surface area contributed by atoms with E-state index in [1.54, 1.807) is 7.11 Å². The van der Waals surface area contributed by atoms with Crippen LogP contribution in [0.1, 0.15) is 80.4 Å². The summed E-state index contributed by atoms with van der Waals surface area (Å²) in [6, 6.07) is 25.9. The molecule has 0 saturated heterocycles. The molecule has 3 aliphatic rings. The molecule has 6 heteroatoms. The Bertz CT molecular complexity index is 1540. The lowest BCUT2D eigenvalue weighted by molar-refractivity contribution is -0.146. The normalized spacial score (nSPS) is 20.7. The molecule has 1 saturated carbocycles. The van der Waals surface area contributed by atoms with Crippen LogP contribution in [0.3, 0.4) is 0 Å². The molecule has 0 spiro atoms. The van der Waals surface area contributed by atoms with Gasteiger partial charge in [-0.2, -0.15) is 0 Å². The molecule has 3 aromatic carbocycles. The molecular weight excluding hydrogens is 538 g/mol. The first-order valence-electron chi connectivity index (χ1n) is 15.4. The van der Waals surface area contributed by atoms with E-state index in [1.165, 1.54) is 6.42 Å². The van der Waals surface area contributed by atoms with Crippen molar-refractivity contribution in [2.24, 2.45) is 0 Å². The molecule has 6 nitrogen and oxygen atoms in total. The molecule has 0 aromatic heterocycles. The minimum atomic E-state index is -0.561. The molecule has 1 N–H and O–H groups in total. The Hall–Kier alpha value is -4.32. The van der Waals surface area contributed by atoms with Crippen LogP contribution in [-0.2, 0) is 20.9 Å². The van der Waals surface area contributed by atoms with Crippen molar-refractivity contribution in [3.05, 3.63) is 118 Å². The highest BCUT2D eigenvalue weighted by atomic mass is 16.5. The summed E-state index contributed by atoms with van der Waals surface area (Å²) in [5.41, 5.74) is 5.75. The predicted octanol–water partition coefficient (Wildman–Crippen LogP) is 7.51. The van der Waals surface area contributed by atoms with Crippen LogP contribution < -0.4 is 14.8 Å². The number of allylic oxidation sites excluding steroid dienone is 3. The number of ether oxygens (including phenoxy) is 3. The fourth-order valence-corrected chi connectivity index (χ4v) is 6.72. The number of rotatable bonds is 8. The molecule has 1 heterocycles. The van der Waals surface area contributed by atoms with Gasteiger partial charge in [-0.25, -0.2) is 4.79 Å². The van der Waals surface area contributed by atoms with Gasteiger partial charge in [0.1, 0.15) is 12.7 Å². The van der Waals surface area contributed by atoms with E-state index < -0.39 is 5.92 Å². The lowest BCUT2D eigenvalue weighted by Gasteiger charge is -2.37. The van der Waals surface area contributed by atoms with Crippen LogP contribution in [0, 0.1) is 0 Å². The first-order valence-corrected chi connectivity index (χ1v) is 15.4. The maximum atomic E-state index is 14.0. The largest absolute Gasteiger partial charge is 0.493 e. The van der Waals surface area contributed by atoms with Gasteiger partial charge in [-0.15, -0.1) is 0 Å². The second kappa shape index (κ2) is 12.9. The first kappa shape index (κ1) is 28.8. The summed E-state index contributed by atoms with van der Waals surface area (Å²) in [6.45, 7) is 2.32. The predicted molar refractivity (Wildman–Crippen MR) is 166 cm³/mol. The third-order valence-electron chi connectivity index (χ3n) is 8.90. The monoisotopic (exact) mass is 577 g/mol. The zero-order chi connectivity index (χ0) is 29.8. The van der Waals surface area contributed by atoms with E-state index in [4.69, 9.17) is 14.2 Å². The number of hydrogen-bond acceptors (Lipinski definition) is 6. The molecule has 0 unspecified atom stereocenters. The Kier molecular flexibility index (Phi) is 8.64. The van der Waals surface area contributed by atoms with Crippen LogP contribution in [-0.4, -0.2) is 25.0 Å². The van der Waals surface area contributed by atoms with Crippen molar-refractivity contribution in [1.82, 2.24) is 5.32 Å². The molecule has 3 aromatic rings. The van der Waals surface area contributed by atoms with Gasteiger partial charge in [0.2, 0.25) is 0 Å². The summed E-state index contributed by atoms with van der Waals surface area (Å²) in [6.07, 6.45) is 6.05. The summed E-state index contributed by atoms with van der Waals surface area (Å²) in [5, 5.41) is 3.48. The molecule has 0 bridgehead atoms. The molecule has 6 rings (SSSR count). The third kappa shape index (κ3) is 6.24. The number of methoxy groups -OCH3 is 1. The molecule has 0 amide bonds. The average Bonchev–Trinajstić information content (AvgIpc) is 3.04. The number of ketones is 1. The lowest BCUT2D eigenvalue weighted by atomic mass is 9.71. The van der Waals surface area contributed by atoms with E-state index in [0.717, 1.165) is 53.8 Å². The number of esters is 1. The topological polar surface area (TPSA) is 73.9 Å². The minimum absolute atomic E-state index is 0.0476. The van der Waals surface area contributed by atoms with Gasteiger partial charge >= 0.3 is 5.97 Å². The Morgan fingerprint density at radius 3 is 2.30 bits per heavy atom. The summed E-state index contributed by atoms with van der Waals surface area (Å²) in [4.78, 5) is 27.9. The summed E-state index contributed by atoms with van der Waals surface area (Å²) in [7, 11) is 1.61. The van der Waals surface area contributed by atoms with E-state index in [2.05, 4.69) is 17.4 Å². The van der Waals surface area contributed by atoms with Gasteiger partial charge in [-0.1, -0.05) is 73.2 Å². The molecule has 1 fully saturated rings. The van der Waals surface area contributed by atoms with Gasteiger partial charge in [-0.3, -0.25) is 4.79 Å². The number of hydrogen-bond donors (Lipinski definition) is 1. The first-order chi connectivity index (χ1) is 21.0. The summed E-state index contributed by atoms with van der Waals surface area (Å²) >= 11 is 0. The van der Waals surface area contributed by atoms with Crippen molar-refractivity contribution < 1.29 is 23.8 Å². The van der Waals surface area contributed by atoms with Crippen molar-refractivity contribution >= 4 is 11.8 Å². The smallest absolute Gasteiger partial charge is 0.337 e. The van der Waals surface area contributed by atoms with Gasteiger partial charge < -0.3 is 19.5 Å². The number of nitrogens with one attached hydrogen (secondary N) is 1. The minimum Gasteiger partial charge on any atom is -0.493 e. The highest BCUT2D eigenvalue weighted by Gasteiger charge is 2.42. The lowest BCUT2D eigenvalue weighted by Crippen LogP contribution is -2.37. The van der Waals surface area contributed by atoms with Gasteiger partial charge in [0.05, 0.1) is 12.7 Å². The van der Waals surface area contributed by atoms with E-state index in [0.29, 0.717) is 42.1 Å². The molecule has 1 aliphatic heterocycles. The molecule has 2 aliphatic carbocycles. The fraction of sp³-hybridized carbons (Fsp3) is 0.351. The van der Waals surface area contributed by atoms with Crippen molar-refractivity contribution in [2.45, 2.75) is 76.4 Å². The second-order valence-corrected chi connectivity index (χ2v) is 11.8. The molecule has 222 valence electrons. The van der Waals surface area contributed by atoms with Crippen LogP contribution >= 0.6 is 0 Å². The number of benzene rings is 3. The Morgan fingerprint density at radius 1 is 0.860 bits per heavy atom. The third-order valence-corrected chi connectivity index (χ3v) is 8.90. The van der Waals surface area contributed by atoms with Gasteiger partial charge in [0.25, 0.3) is 0 Å². The zero-order valence-electron chi connectivity index (χ0n) is 24.9. The van der Waals surface area contributed by atoms with Crippen molar-refractivity contribution in [1.29, 1.82) is 0 Å². The Labute approximate surface area is 253 Å². The fourth-order valence-electron chi connectivity index (χ4n) is 6.72. The number of carbonyl (C=O) groups excluding carboxylic acids is 2. The van der Waals surface area contributed by atoms with E-state index in [-0.39, 0.29) is 23.8 Å². The summed E-state index contributed by atoms with van der Waals surface area (Å²) in [5.74, 6) is 0.365. The quantitative estimate of drug-likeness (QED) is 0.279. The number of carbonyl (C=O) groups is 2. The molecule has 43 heavy (non-hydrogen) atoms. The van der Waals surface area contributed by atoms with Crippen molar-refractivity contribution in [3.63, 3.8) is 0 Å². The molecular formula is C37H39NO5. The summed E-state index contributed by atoms with van der Waals surface area (Å²) < 4.78 is 18.0. The van der Waals surface area contributed by atoms with Crippen molar-refractivity contribution in [2.75, 3.05) is 7.11 Å².